The van der Waals surface area contributed by atoms with Gasteiger partial charge in [-0.05, 0) is 19.1 Å². The van der Waals surface area contributed by atoms with Crippen molar-refractivity contribution in [3.8, 4) is 5.75 Å². The molecular weight excluding hydrogens is 246 g/mol. The van der Waals surface area contributed by atoms with Crippen LogP contribution in [0.25, 0.3) is 0 Å². The van der Waals surface area contributed by atoms with Gasteiger partial charge >= 0.3 is 5.97 Å². The second kappa shape index (κ2) is 5.54. The van der Waals surface area contributed by atoms with Gasteiger partial charge < -0.3 is 9.84 Å². The van der Waals surface area contributed by atoms with Crippen molar-refractivity contribution in [2.45, 2.75) is 13.8 Å². The highest BCUT2D eigenvalue weighted by Gasteiger charge is 2.15. The average molecular weight is 258 g/mol. The zero-order valence-electron chi connectivity index (χ0n) is 9.44. The molecule has 0 aliphatic carbocycles. The van der Waals surface area contributed by atoms with Gasteiger partial charge in [0.25, 0.3) is 0 Å². The van der Waals surface area contributed by atoms with Crippen LogP contribution in [-0.2, 0) is 9.53 Å². The van der Waals surface area contributed by atoms with E-state index >= 15 is 0 Å². The number of halogens is 1. The van der Waals surface area contributed by atoms with Gasteiger partial charge in [0.2, 0.25) is 5.91 Å². The first-order valence-electron chi connectivity index (χ1n) is 4.94. The molecule has 0 fully saturated rings. The van der Waals surface area contributed by atoms with Crippen molar-refractivity contribution in [2.24, 2.45) is 0 Å². The van der Waals surface area contributed by atoms with E-state index in [1.54, 1.807) is 6.92 Å². The number of carbonyl (C=O) groups excluding carboxylic acids is 2. The number of phenolic OH excluding ortho intramolecular Hbond substituents is 1. The number of esters is 1. The lowest BCUT2D eigenvalue weighted by atomic mass is 10.2. The minimum atomic E-state index is -0.625. The molecule has 1 rings (SSSR count). The van der Waals surface area contributed by atoms with E-state index in [4.69, 9.17) is 16.5 Å². The molecule has 0 heterocycles. The maximum absolute atomic E-state index is 11.4. The van der Waals surface area contributed by atoms with E-state index in [-0.39, 0.29) is 23.6 Å². The van der Waals surface area contributed by atoms with Crippen LogP contribution in [0.1, 0.15) is 24.2 Å². The van der Waals surface area contributed by atoms with E-state index in [1.165, 1.54) is 25.1 Å². The molecule has 0 aliphatic rings. The molecule has 1 amide bonds. The van der Waals surface area contributed by atoms with E-state index in [2.05, 4.69) is 0 Å². The molecule has 0 atom stereocenters. The lowest BCUT2D eigenvalue weighted by Crippen LogP contribution is -2.16. The molecule has 0 spiro atoms. The maximum Gasteiger partial charge on any atom is 0.341 e. The van der Waals surface area contributed by atoms with E-state index in [1.807, 2.05) is 0 Å². The van der Waals surface area contributed by atoms with Gasteiger partial charge in [0.15, 0.2) is 0 Å². The number of hydrogen-bond donors (Lipinski definition) is 1. The summed E-state index contributed by atoms with van der Waals surface area (Å²) in [6.45, 7) is 3.16. The van der Waals surface area contributed by atoms with E-state index in [0.29, 0.717) is 0 Å². The highest BCUT2D eigenvalue weighted by atomic mass is 35.5. The monoisotopic (exact) mass is 257 g/mol. The third kappa shape index (κ3) is 3.10. The van der Waals surface area contributed by atoms with Crippen LogP contribution in [0.2, 0.25) is 0 Å². The third-order valence-corrected chi connectivity index (χ3v) is 2.41. The van der Waals surface area contributed by atoms with Crippen LogP contribution in [0.15, 0.2) is 18.2 Å². The molecule has 92 valence electrons. The number of anilines is 1. The van der Waals surface area contributed by atoms with Gasteiger partial charge in [-0.1, -0.05) is 0 Å². The quantitative estimate of drug-likeness (QED) is 0.665. The highest BCUT2D eigenvalue weighted by molar-refractivity contribution is 6.36. The van der Waals surface area contributed by atoms with Gasteiger partial charge in [-0.2, -0.15) is 0 Å². The number of nitrogens with zero attached hydrogens (tertiary/aromatic N) is 1. The molecular formula is C11H12ClNO4. The van der Waals surface area contributed by atoms with Crippen LogP contribution >= 0.6 is 11.8 Å². The van der Waals surface area contributed by atoms with Crippen molar-refractivity contribution in [3.05, 3.63) is 23.8 Å². The Morgan fingerprint density at radius 1 is 1.47 bits per heavy atom. The average Bonchev–Trinajstić information content (AvgIpc) is 2.27. The van der Waals surface area contributed by atoms with Gasteiger partial charge in [0, 0.05) is 24.8 Å². The summed E-state index contributed by atoms with van der Waals surface area (Å²) in [6.07, 6.45) is 0. The van der Waals surface area contributed by atoms with Crippen LogP contribution in [0, 0.1) is 0 Å². The summed E-state index contributed by atoms with van der Waals surface area (Å²) < 4.78 is 5.59. The Kier molecular flexibility index (Phi) is 4.34. The smallest absolute Gasteiger partial charge is 0.341 e. The zero-order valence-corrected chi connectivity index (χ0v) is 10.2. The number of aromatic hydroxyl groups is 1. The van der Waals surface area contributed by atoms with Crippen LogP contribution in [-0.4, -0.2) is 23.6 Å². The summed E-state index contributed by atoms with van der Waals surface area (Å²) in [5.74, 6) is -1.30. The number of benzene rings is 1. The maximum atomic E-state index is 11.4. The third-order valence-electron chi connectivity index (χ3n) is 1.98. The van der Waals surface area contributed by atoms with Gasteiger partial charge in [0.1, 0.15) is 11.3 Å². The first-order chi connectivity index (χ1) is 7.97. The first-order valence-corrected chi connectivity index (χ1v) is 5.27. The fourth-order valence-corrected chi connectivity index (χ4v) is 1.31. The Labute approximate surface area is 104 Å². The Bertz CT molecular complexity index is 447. The molecule has 0 unspecified atom stereocenters. The second-order valence-electron chi connectivity index (χ2n) is 3.22. The van der Waals surface area contributed by atoms with Crippen molar-refractivity contribution in [1.82, 2.24) is 0 Å². The number of amides is 1. The molecule has 0 bridgehead atoms. The zero-order chi connectivity index (χ0) is 13.0. The van der Waals surface area contributed by atoms with Gasteiger partial charge in [-0.15, -0.1) is 0 Å². The predicted molar refractivity (Wildman–Crippen MR) is 63.1 cm³/mol. The first kappa shape index (κ1) is 13.3. The van der Waals surface area contributed by atoms with Crippen molar-refractivity contribution in [2.75, 3.05) is 11.0 Å². The molecule has 6 heteroatoms. The van der Waals surface area contributed by atoms with E-state index in [9.17, 15) is 14.7 Å². The fraction of sp³-hybridized carbons (Fsp3) is 0.273. The molecule has 0 radical (unpaired) electrons. The number of hydrogen-bond acceptors (Lipinski definition) is 4. The van der Waals surface area contributed by atoms with Crippen LogP contribution in [0.5, 0.6) is 5.75 Å². The Morgan fingerprint density at radius 3 is 2.59 bits per heavy atom. The summed E-state index contributed by atoms with van der Waals surface area (Å²) in [5.41, 5.74) is 0.314. The van der Waals surface area contributed by atoms with Crippen molar-refractivity contribution >= 4 is 29.3 Å². The fourth-order valence-electron chi connectivity index (χ4n) is 1.21. The number of rotatable bonds is 3. The number of carbonyl (C=O) groups is 2. The van der Waals surface area contributed by atoms with Crippen molar-refractivity contribution in [3.63, 3.8) is 0 Å². The van der Waals surface area contributed by atoms with Crippen molar-refractivity contribution < 1.29 is 19.4 Å². The minimum Gasteiger partial charge on any atom is -0.507 e. The Morgan fingerprint density at radius 2 is 2.12 bits per heavy atom. The lowest BCUT2D eigenvalue weighted by Gasteiger charge is -2.12. The number of ether oxygens (including phenoxy) is 1. The molecule has 5 nitrogen and oxygen atoms in total. The van der Waals surface area contributed by atoms with Crippen LogP contribution in [0.3, 0.4) is 0 Å². The molecule has 1 aromatic carbocycles. The Hall–Kier alpha value is -1.75. The molecule has 0 saturated heterocycles. The SMILES string of the molecule is CCOC(=O)c1ccc(N(Cl)C(C)=O)cc1O. The van der Waals surface area contributed by atoms with E-state index in [0.717, 1.165) is 4.42 Å². The molecule has 0 saturated carbocycles. The number of phenols is 1. The summed E-state index contributed by atoms with van der Waals surface area (Å²) in [4.78, 5) is 22.4. The summed E-state index contributed by atoms with van der Waals surface area (Å²) in [6, 6.07) is 4.02. The minimum absolute atomic E-state index is 0.0317. The van der Waals surface area contributed by atoms with Gasteiger partial charge in [0.05, 0.1) is 12.3 Å². The molecule has 0 aromatic heterocycles. The standard InChI is InChI=1S/C11H12ClNO4/c1-3-17-11(16)9-5-4-8(6-10(9)15)13(12)7(2)14/h4-6,15H,3H2,1-2H3. The molecule has 1 aromatic rings. The van der Waals surface area contributed by atoms with Gasteiger partial charge in [-0.25, -0.2) is 9.21 Å². The Balaban J connectivity index is 3.01. The van der Waals surface area contributed by atoms with E-state index < -0.39 is 11.9 Å². The second-order valence-corrected chi connectivity index (χ2v) is 3.56. The molecule has 0 aliphatic heterocycles. The molecule has 17 heavy (non-hydrogen) atoms. The van der Waals surface area contributed by atoms with Crippen LogP contribution < -0.4 is 4.42 Å². The topological polar surface area (TPSA) is 66.8 Å². The van der Waals surface area contributed by atoms with Crippen molar-refractivity contribution in [1.29, 1.82) is 0 Å². The highest BCUT2D eigenvalue weighted by Crippen LogP contribution is 2.26. The summed E-state index contributed by atoms with van der Waals surface area (Å²) in [7, 11) is 0. The van der Waals surface area contributed by atoms with Gasteiger partial charge in [-0.3, -0.25) is 4.79 Å². The largest absolute Gasteiger partial charge is 0.507 e. The predicted octanol–water partition coefficient (Wildman–Crippen LogP) is 2.08. The van der Waals surface area contributed by atoms with Crippen LogP contribution in [0.4, 0.5) is 5.69 Å². The summed E-state index contributed by atoms with van der Waals surface area (Å²) >= 11 is 5.66. The lowest BCUT2D eigenvalue weighted by molar-refractivity contribution is -0.115. The summed E-state index contributed by atoms with van der Waals surface area (Å²) in [5, 5.41) is 9.62. The normalized spacial score (nSPS) is 9.82. The molecule has 1 N–H and O–H groups in total.